The number of thioether (sulfide) groups is 1. The van der Waals surface area contributed by atoms with Crippen LogP contribution in [0.15, 0.2) is 29.4 Å². The molecule has 0 radical (unpaired) electrons. The number of nitrogens with zero attached hydrogens (tertiary/aromatic N) is 4. The highest BCUT2D eigenvalue weighted by atomic mass is 35.5. The second kappa shape index (κ2) is 9.82. The van der Waals surface area contributed by atoms with E-state index in [9.17, 15) is 4.79 Å². The van der Waals surface area contributed by atoms with Crippen molar-refractivity contribution in [2.75, 3.05) is 30.3 Å². The number of amides is 1. The van der Waals surface area contributed by atoms with E-state index in [-0.39, 0.29) is 12.0 Å². The van der Waals surface area contributed by atoms with Gasteiger partial charge in [-0.2, -0.15) is 0 Å². The summed E-state index contributed by atoms with van der Waals surface area (Å²) in [4.78, 5) is 14.6. The summed E-state index contributed by atoms with van der Waals surface area (Å²) >= 11 is 7.33. The molecular formula is C20H26ClN5O2S. The first kappa shape index (κ1) is 20.5. The molecule has 2 aromatic rings. The lowest BCUT2D eigenvalue weighted by molar-refractivity contribution is -0.118. The maximum Gasteiger partial charge on any atom is 0.230 e. The normalized spacial score (nSPS) is 19.1. The van der Waals surface area contributed by atoms with Gasteiger partial charge < -0.3 is 15.0 Å². The minimum absolute atomic E-state index is 0.0284. The van der Waals surface area contributed by atoms with Crippen LogP contribution in [-0.4, -0.2) is 52.2 Å². The van der Waals surface area contributed by atoms with E-state index < -0.39 is 0 Å². The Morgan fingerprint density at radius 3 is 2.72 bits per heavy atom. The summed E-state index contributed by atoms with van der Waals surface area (Å²) in [7, 11) is 0. The number of rotatable bonds is 8. The van der Waals surface area contributed by atoms with Gasteiger partial charge in [-0.1, -0.05) is 35.5 Å². The van der Waals surface area contributed by atoms with Gasteiger partial charge >= 0.3 is 0 Å². The topological polar surface area (TPSA) is 72.3 Å². The van der Waals surface area contributed by atoms with Crippen molar-refractivity contribution in [2.45, 2.75) is 50.0 Å². The lowest BCUT2D eigenvalue weighted by Gasteiger charge is -2.20. The van der Waals surface area contributed by atoms with E-state index in [1.165, 1.54) is 24.6 Å². The van der Waals surface area contributed by atoms with Gasteiger partial charge in [0.15, 0.2) is 5.16 Å². The number of anilines is 1. The van der Waals surface area contributed by atoms with Gasteiger partial charge in [-0.3, -0.25) is 9.36 Å². The number of carbonyl (C=O) groups is 1. The highest BCUT2D eigenvalue weighted by Crippen LogP contribution is 2.27. The molecule has 0 bridgehead atoms. The Hall–Kier alpha value is -1.77. The molecule has 9 heteroatoms. The second-order valence-corrected chi connectivity index (χ2v) is 8.79. The third kappa shape index (κ3) is 5.43. The molecule has 1 N–H and O–H groups in total. The van der Waals surface area contributed by atoms with Crippen molar-refractivity contribution in [3.8, 4) is 0 Å². The van der Waals surface area contributed by atoms with Crippen LogP contribution in [0.4, 0.5) is 5.95 Å². The number of aromatic nitrogens is 3. The van der Waals surface area contributed by atoms with Gasteiger partial charge in [0.05, 0.1) is 18.4 Å². The molecule has 1 amide bonds. The summed E-state index contributed by atoms with van der Waals surface area (Å²) in [5, 5.41) is 13.2. The van der Waals surface area contributed by atoms with Crippen molar-refractivity contribution in [3.05, 3.63) is 34.9 Å². The first-order valence-corrected chi connectivity index (χ1v) is 11.5. The zero-order valence-electron chi connectivity index (χ0n) is 16.3. The predicted octanol–water partition coefficient (Wildman–Crippen LogP) is 3.12. The van der Waals surface area contributed by atoms with Crippen LogP contribution in [0.25, 0.3) is 0 Å². The summed E-state index contributed by atoms with van der Waals surface area (Å²) in [6.07, 6.45) is 4.72. The van der Waals surface area contributed by atoms with Crippen LogP contribution < -0.4 is 10.2 Å². The Balaban J connectivity index is 1.36. The van der Waals surface area contributed by atoms with Crippen molar-refractivity contribution in [3.63, 3.8) is 0 Å². The molecule has 29 heavy (non-hydrogen) atoms. The largest absolute Gasteiger partial charge is 0.376 e. The molecule has 2 aliphatic heterocycles. The molecule has 2 saturated heterocycles. The summed E-state index contributed by atoms with van der Waals surface area (Å²) < 4.78 is 7.96. The molecule has 2 fully saturated rings. The Kier molecular flexibility index (Phi) is 6.94. The third-order valence-corrected chi connectivity index (χ3v) is 6.45. The number of carbonyl (C=O) groups excluding carboxylic acids is 1. The van der Waals surface area contributed by atoms with Gasteiger partial charge in [0.1, 0.15) is 0 Å². The van der Waals surface area contributed by atoms with E-state index in [4.69, 9.17) is 16.3 Å². The van der Waals surface area contributed by atoms with Gasteiger partial charge in [0.2, 0.25) is 11.9 Å². The fourth-order valence-corrected chi connectivity index (χ4v) is 4.57. The van der Waals surface area contributed by atoms with E-state index in [0.717, 1.165) is 55.8 Å². The van der Waals surface area contributed by atoms with E-state index in [0.29, 0.717) is 17.3 Å². The maximum absolute atomic E-state index is 12.3. The maximum atomic E-state index is 12.3. The molecule has 3 heterocycles. The van der Waals surface area contributed by atoms with Crippen LogP contribution in [0.1, 0.15) is 31.2 Å². The highest BCUT2D eigenvalue weighted by molar-refractivity contribution is 7.99. The average molecular weight is 436 g/mol. The molecule has 0 spiro atoms. The van der Waals surface area contributed by atoms with Crippen LogP contribution in [-0.2, 0) is 22.6 Å². The lowest BCUT2D eigenvalue weighted by Crippen LogP contribution is -2.26. The van der Waals surface area contributed by atoms with Gasteiger partial charge in [-0.05, 0) is 43.4 Å². The predicted molar refractivity (Wildman–Crippen MR) is 114 cm³/mol. The molecule has 7 nitrogen and oxygen atoms in total. The standard InChI is InChI=1S/C20H26ClN5O2S/c21-16-7-5-15(6-8-16)12-22-18(27)14-29-20-24-23-19(25-9-1-2-10-25)26(20)13-17-4-3-11-28-17/h5-8,17H,1-4,9-14H2,(H,22,27)/t17-/m1/s1. The number of ether oxygens (including phenoxy) is 1. The van der Waals surface area contributed by atoms with Crippen molar-refractivity contribution >= 4 is 35.2 Å². The van der Waals surface area contributed by atoms with Crippen LogP contribution in [0, 0.1) is 0 Å². The van der Waals surface area contributed by atoms with Crippen LogP contribution in [0.5, 0.6) is 0 Å². The molecule has 4 rings (SSSR count). The van der Waals surface area contributed by atoms with Crippen molar-refractivity contribution in [1.29, 1.82) is 0 Å². The molecule has 156 valence electrons. The Bertz CT molecular complexity index is 817. The van der Waals surface area contributed by atoms with Crippen LogP contribution in [0.2, 0.25) is 5.02 Å². The number of hydrogen-bond acceptors (Lipinski definition) is 6. The van der Waals surface area contributed by atoms with E-state index in [2.05, 4.69) is 25.0 Å². The van der Waals surface area contributed by atoms with Gasteiger partial charge in [-0.15, -0.1) is 10.2 Å². The fraction of sp³-hybridized carbons (Fsp3) is 0.550. The third-order valence-electron chi connectivity index (χ3n) is 5.23. The number of hydrogen-bond donors (Lipinski definition) is 1. The van der Waals surface area contributed by atoms with E-state index in [1.54, 1.807) is 0 Å². The molecule has 0 unspecified atom stereocenters. The summed E-state index contributed by atoms with van der Waals surface area (Å²) in [6.45, 7) is 4.07. The second-order valence-electron chi connectivity index (χ2n) is 7.41. The van der Waals surface area contributed by atoms with Crippen molar-refractivity contribution in [2.24, 2.45) is 0 Å². The molecule has 1 atom stereocenters. The first-order chi connectivity index (χ1) is 14.2. The zero-order valence-corrected chi connectivity index (χ0v) is 17.9. The molecular weight excluding hydrogens is 410 g/mol. The Morgan fingerprint density at radius 2 is 2.00 bits per heavy atom. The van der Waals surface area contributed by atoms with Gasteiger partial charge in [0.25, 0.3) is 0 Å². The Morgan fingerprint density at radius 1 is 1.21 bits per heavy atom. The molecule has 1 aromatic carbocycles. The minimum atomic E-state index is -0.0284. The molecule has 2 aliphatic rings. The summed E-state index contributed by atoms with van der Waals surface area (Å²) in [6, 6.07) is 7.48. The van der Waals surface area contributed by atoms with Crippen molar-refractivity contribution in [1.82, 2.24) is 20.1 Å². The average Bonchev–Trinajstić information content (AvgIpc) is 3.49. The van der Waals surface area contributed by atoms with Gasteiger partial charge in [-0.25, -0.2) is 0 Å². The number of nitrogens with one attached hydrogen (secondary N) is 1. The quantitative estimate of drug-likeness (QED) is 0.642. The number of halogens is 1. The first-order valence-electron chi connectivity index (χ1n) is 10.1. The number of benzene rings is 1. The zero-order chi connectivity index (χ0) is 20.1. The highest BCUT2D eigenvalue weighted by Gasteiger charge is 2.25. The Labute approximate surface area is 180 Å². The van der Waals surface area contributed by atoms with Crippen molar-refractivity contribution < 1.29 is 9.53 Å². The van der Waals surface area contributed by atoms with Crippen LogP contribution >= 0.6 is 23.4 Å². The SMILES string of the molecule is O=C(CSc1nnc(N2CCCC2)n1C[C@H]1CCCO1)NCc1ccc(Cl)cc1. The van der Waals surface area contributed by atoms with E-state index >= 15 is 0 Å². The van der Waals surface area contributed by atoms with Gasteiger partial charge in [0, 0.05) is 31.3 Å². The van der Waals surface area contributed by atoms with Crippen LogP contribution in [0.3, 0.4) is 0 Å². The minimum Gasteiger partial charge on any atom is -0.376 e. The monoisotopic (exact) mass is 435 g/mol. The molecule has 1 aromatic heterocycles. The fourth-order valence-electron chi connectivity index (χ4n) is 3.67. The molecule has 0 aliphatic carbocycles. The molecule has 0 saturated carbocycles. The smallest absolute Gasteiger partial charge is 0.230 e. The summed E-state index contributed by atoms with van der Waals surface area (Å²) in [5.41, 5.74) is 1.02. The van der Waals surface area contributed by atoms with E-state index in [1.807, 2.05) is 24.3 Å². The lowest BCUT2D eigenvalue weighted by atomic mass is 10.2. The summed E-state index contributed by atoms with van der Waals surface area (Å²) in [5.74, 6) is 1.18.